The largest absolute Gasteiger partial charge is 0.454 e. The third-order valence-corrected chi connectivity index (χ3v) is 5.20. The number of nitrogens with zero attached hydrogens (tertiary/aromatic N) is 2. The summed E-state index contributed by atoms with van der Waals surface area (Å²) in [4.78, 5) is 9.24. The topological polar surface area (TPSA) is 38.9 Å². The second-order valence-corrected chi connectivity index (χ2v) is 7.86. The summed E-state index contributed by atoms with van der Waals surface area (Å²) in [7, 11) is 0. The molecule has 5 aromatic rings. The minimum atomic E-state index is 0.606. The van der Waals surface area contributed by atoms with E-state index in [0.717, 1.165) is 50.9 Å². The van der Waals surface area contributed by atoms with Crippen molar-refractivity contribution in [2.45, 2.75) is 20.3 Å². The zero-order chi connectivity index (χ0) is 19.8. The molecule has 5 rings (SSSR count). The van der Waals surface area contributed by atoms with Crippen molar-refractivity contribution in [3.8, 4) is 22.5 Å². The Labute approximate surface area is 170 Å². The molecule has 142 valence electrons. The minimum absolute atomic E-state index is 0.606. The van der Waals surface area contributed by atoms with Crippen LogP contribution in [0.25, 0.3) is 44.5 Å². The Morgan fingerprint density at radius 3 is 2.52 bits per heavy atom. The quantitative estimate of drug-likeness (QED) is 0.341. The summed E-state index contributed by atoms with van der Waals surface area (Å²) < 4.78 is 6.25. The number of hydrogen-bond acceptors (Lipinski definition) is 3. The van der Waals surface area contributed by atoms with Crippen LogP contribution in [0.15, 0.2) is 83.5 Å². The van der Waals surface area contributed by atoms with E-state index < -0.39 is 0 Å². The van der Waals surface area contributed by atoms with Gasteiger partial charge in [-0.25, -0.2) is 0 Å². The van der Waals surface area contributed by atoms with Crippen LogP contribution < -0.4 is 0 Å². The Morgan fingerprint density at radius 1 is 0.828 bits per heavy atom. The van der Waals surface area contributed by atoms with Gasteiger partial charge in [-0.05, 0) is 42.2 Å². The zero-order valence-electron chi connectivity index (χ0n) is 16.6. The summed E-state index contributed by atoms with van der Waals surface area (Å²) in [5.41, 5.74) is 6.97. The highest BCUT2D eigenvalue weighted by Crippen LogP contribution is 2.36. The molecule has 0 unspecified atom stereocenters. The van der Waals surface area contributed by atoms with Crippen molar-refractivity contribution >= 4 is 21.9 Å². The standard InChI is InChI=1S/C26H22N2O/c1-17(2)13-18-11-12-27-24(14-18)21-10-6-9-20-22-15-23(19-7-4-3-5-8-19)28-16-25(22)29-26(20)21/h3-12,14-17H,13H2,1-2H3. The molecule has 0 amide bonds. The summed E-state index contributed by atoms with van der Waals surface area (Å²) in [6.45, 7) is 4.47. The molecule has 0 N–H and O–H groups in total. The predicted octanol–water partition coefficient (Wildman–Crippen LogP) is 6.91. The first kappa shape index (κ1) is 17.6. The van der Waals surface area contributed by atoms with Crippen molar-refractivity contribution in [1.82, 2.24) is 9.97 Å². The van der Waals surface area contributed by atoms with Gasteiger partial charge in [0, 0.05) is 28.1 Å². The maximum absolute atomic E-state index is 6.25. The molecule has 0 fully saturated rings. The first-order chi connectivity index (χ1) is 14.2. The number of benzene rings is 2. The Balaban J connectivity index is 1.67. The maximum Gasteiger partial charge on any atom is 0.153 e. The van der Waals surface area contributed by atoms with E-state index in [2.05, 4.69) is 72.3 Å². The number of furan rings is 1. The van der Waals surface area contributed by atoms with E-state index in [9.17, 15) is 0 Å². The van der Waals surface area contributed by atoms with Gasteiger partial charge < -0.3 is 4.42 Å². The molecule has 2 aromatic carbocycles. The molecule has 0 bridgehead atoms. The fraction of sp³-hybridized carbons (Fsp3) is 0.154. The molecule has 0 aliphatic rings. The van der Waals surface area contributed by atoms with Gasteiger partial charge in [0.1, 0.15) is 5.58 Å². The number of fused-ring (bicyclic) bond motifs is 3. The van der Waals surface area contributed by atoms with Crippen molar-refractivity contribution in [2.24, 2.45) is 5.92 Å². The third-order valence-electron chi connectivity index (χ3n) is 5.20. The van der Waals surface area contributed by atoms with Gasteiger partial charge in [-0.1, -0.05) is 56.3 Å². The number of pyridine rings is 2. The average molecular weight is 378 g/mol. The first-order valence-corrected chi connectivity index (χ1v) is 10.0. The lowest BCUT2D eigenvalue weighted by atomic mass is 10.0. The van der Waals surface area contributed by atoms with Crippen molar-refractivity contribution in [2.75, 3.05) is 0 Å². The second-order valence-electron chi connectivity index (χ2n) is 7.86. The molecule has 29 heavy (non-hydrogen) atoms. The highest BCUT2D eigenvalue weighted by Gasteiger charge is 2.14. The maximum atomic E-state index is 6.25. The van der Waals surface area contributed by atoms with E-state index >= 15 is 0 Å². The normalized spacial score (nSPS) is 11.6. The Kier molecular flexibility index (Phi) is 4.36. The SMILES string of the molecule is CC(C)Cc1ccnc(-c2cccc3c2oc2cnc(-c4ccccc4)cc23)c1. The van der Waals surface area contributed by atoms with E-state index in [1.165, 1.54) is 5.56 Å². The van der Waals surface area contributed by atoms with Gasteiger partial charge in [-0.3, -0.25) is 9.97 Å². The molecule has 3 aromatic heterocycles. The van der Waals surface area contributed by atoms with Crippen LogP contribution in [0.1, 0.15) is 19.4 Å². The predicted molar refractivity (Wildman–Crippen MR) is 119 cm³/mol. The summed E-state index contributed by atoms with van der Waals surface area (Å²) >= 11 is 0. The van der Waals surface area contributed by atoms with E-state index in [0.29, 0.717) is 5.92 Å². The number of para-hydroxylation sites is 1. The monoisotopic (exact) mass is 378 g/mol. The fourth-order valence-electron chi connectivity index (χ4n) is 3.89. The molecule has 3 nitrogen and oxygen atoms in total. The van der Waals surface area contributed by atoms with Gasteiger partial charge in [-0.15, -0.1) is 0 Å². The number of rotatable bonds is 4. The van der Waals surface area contributed by atoms with Gasteiger partial charge in [0.25, 0.3) is 0 Å². The van der Waals surface area contributed by atoms with Crippen LogP contribution >= 0.6 is 0 Å². The zero-order valence-corrected chi connectivity index (χ0v) is 16.6. The molecule has 0 aliphatic carbocycles. The lowest BCUT2D eigenvalue weighted by molar-refractivity contribution is 0.647. The van der Waals surface area contributed by atoms with Crippen LogP contribution in [0.4, 0.5) is 0 Å². The van der Waals surface area contributed by atoms with Crippen molar-refractivity contribution < 1.29 is 4.42 Å². The van der Waals surface area contributed by atoms with E-state index in [-0.39, 0.29) is 0 Å². The van der Waals surface area contributed by atoms with E-state index in [4.69, 9.17) is 4.42 Å². The average Bonchev–Trinajstić information content (AvgIpc) is 3.12. The van der Waals surface area contributed by atoms with Gasteiger partial charge in [0.05, 0.1) is 17.6 Å². The summed E-state index contributed by atoms with van der Waals surface area (Å²) in [5, 5.41) is 2.17. The van der Waals surface area contributed by atoms with Gasteiger partial charge in [0.2, 0.25) is 0 Å². The lowest BCUT2D eigenvalue weighted by Gasteiger charge is -2.07. The molecule has 0 spiro atoms. The molecule has 0 aliphatic heterocycles. The van der Waals surface area contributed by atoms with Crippen LogP contribution in [0.3, 0.4) is 0 Å². The van der Waals surface area contributed by atoms with Gasteiger partial charge in [0.15, 0.2) is 5.58 Å². The second kappa shape index (κ2) is 7.17. The minimum Gasteiger partial charge on any atom is -0.454 e. The van der Waals surface area contributed by atoms with Crippen LogP contribution in [-0.2, 0) is 6.42 Å². The summed E-state index contributed by atoms with van der Waals surface area (Å²) in [6.07, 6.45) is 4.75. The molecule has 0 saturated carbocycles. The highest BCUT2D eigenvalue weighted by atomic mass is 16.3. The van der Waals surface area contributed by atoms with E-state index in [1.807, 2.05) is 30.6 Å². The molecule has 0 radical (unpaired) electrons. The summed E-state index contributed by atoms with van der Waals surface area (Å²) in [5.74, 6) is 0.606. The van der Waals surface area contributed by atoms with E-state index in [1.54, 1.807) is 0 Å². The Morgan fingerprint density at radius 2 is 1.69 bits per heavy atom. The lowest BCUT2D eigenvalue weighted by Crippen LogP contribution is -1.95. The van der Waals surface area contributed by atoms with Crippen LogP contribution in [-0.4, -0.2) is 9.97 Å². The van der Waals surface area contributed by atoms with Crippen LogP contribution in [0.5, 0.6) is 0 Å². The smallest absolute Gasteiger partial charge is 0.153 e. The number of aromatic nitrogens is 2. The molecule has 0 atom stereocenters. The molecule has 3 heterocycles. The van der Waals surface area contributed by atoms with Crippen LogP contribution in [0, 0.1) is 5.92 Å². The van der Waals surface area contributed by atoms with Gasteiger partial charge >= 0.3 is 0 Å². The Bertz CT molecular complexity index is 1300. The third kappa shape index (κ3) is 3.29. The molecule has 0 saturated heterocycles. The Hall–Kier alpha value is -3.46. The molecular formula is C26H22N2O. The fourth-order valence-corrected chi connectivity index (χ4v) is 3.89. The van der Waals surface area contributed by atoms with Crippen molar-refractivity contribution in [1.29, 1.82) is 0 Å². The highest BCUT2D eigenvalue weighted by molar-refractivity contribution is 6.09. The molecule has 3 heteroatoms. The molecular weight excluding hydrogens is 356 g/mol. The first-order valence-electron chi connectivity index (χ1n) is 10.0. The van der Waals surface area contributed by atoms with Crippen LogP contribution in [0.2, 0.25) is 0 Å². The summed E-state index contributed by atoms with van der Waals surface area (Å²) in [6, 6.07) is 22.9. The van der Waals surface area contributed by atoms with Crippen molar-refractivity contribution in [3.63, 3.8) is 0 Å². The number of hydrogen-bond donors (Lipinski definition) is 0. The van der Waals surface area contributed by atoms with Crippen molar-refractivity contribution in [3.05, 3.63) is 84.7 Å². The van der Waals surface area contributed by atoms with Gasteiger partial charge in [-0.2, -0.15) is 0 Å².